The number of esters is 1. The minimum absolute atomic E-state index is 0.0293. The Morgan fingerprint density at radius 1 is 1.35 bits per heavy atom. The van der Waals surface area contributed by atoms with Crippen molar-refractivity contribution in [2.45, 2.75) is 13.5 Å². The highest BCUT2D eigenvalue weighted by molar-refractivity contribution is 9.10. The van der Waals surface area contributed by atoms with Crippen molar-refractivity contribution in [1.82, 2.24) is 4.57 Å². The molecule has 26 heavy (non-hydrogen) atoms. The van der Waals surface area contributed by atoms with Gasteiger partial charge in [-0.15, -0.1) is 0 Å². The van der Waals surface area contributed by atoms with E-state index in [4.69, 9.17) is 9.15 Å². The molecule has 1 aromatic carbocycles. The zero-order chi connectivity index (χ0) is 18.8. The molecule has 0 N–H and O–H groups in total. The Morgan fingerprint density at radius 2 is 2.12 bits per heavy atom. The first-order chi connectivity index (χ1) is 12.4. The van der Waals surface area contributed by atoms with Crippen LogP contribution in [0.2, 0.25) is 0 Å². The second kappa shape index (κ2) is 7.12. The molecule has 0 aliphatic carbocycles. The van der Waals surface area contributed by atoms with Crippen LogP contribution in [0.4, 0.5) is 5.69 Å². The number of carbonyl (C=O) groups is 1. The average molecular weight is 421 g/mol. The Labute approximate surface area is 155 Å². The lowest BCUT2D eigenvalue weighted by Crippen LogP contribution is -2.20. The number of ether oxygens (including phenoxy) is 1. The van der Waals surface area contributed by atoms with Crippen LogP contribution in [0, 0.1) is 10.1 Å². The minimum Gasteiger partial charge on any atom is -0.460 e. The number of hydrogen-bond acceptors (Lipinski definition) is 6. The fourth-order valence-corrected chi connectivity index (χ4v) is 2.92. The summed E-state index contributed by atoms with van der Waals surface area (Å²) in [7, 11) is 0. The molecule has 0 spiro atoms. The normalized spacial score (nSPS) is 10.8. The Bertz CT molecular complexity index is 1070. The highest BCUT2D eigenvalue weighted by Crippen LogP contribution is 2.30. The molecule has 2 aromatic heterocycles. The fraction of sp³-hybridized carbons (Fsp3) is 0.176. The quantitative estimate of drug-likeness (QED) is 0.355. The largest absolute Gasteiger partial charge is 0.460 e. The molecular formula is C17H13BrN2O6. The van der Waals surface area contributed by atoms with Crippen molar-refractivity contribution in [3.8, 4) is 0 Å². The highest BCUT2D eigenvalue weighted by atomic mass is 79.9. The van der Waals surface area contributed by atoms with E-state index in [-0.39, 0.29) is 24.6 Å². The Balaban J connectivity index is 2.17. The van der Waals surface area contributed by atoms with E-state index >= 15 is 0 Å². The summed E-state index contributed by atoms with van der Waals surface area (Å²) in [5, 5.41) is 11.6. The van der Waals surface area contributed by atoms with Gasteiger partial charge in [0.25, 0.3) is 11.2 Å². The van der Waals surface area contributed by atoms with Crippen LogP contribution in [0.1, 0.15) is 23.0 Å². The van der Waals surface area contributed by atoms with Crippen molar-refractivity contribution in [2.24, 2.45) is 0 Å². The average Bonchev–Trinajstić information content (AvgIpc) is 2.95. The van der Waals surface area contributed by atoms with Gasteiger partial charge in [-0.05, 0) is 25.1 Å². The van der Waals surface area contributed by atoms with Gasteiger partial charge < -0.3 is 13.7 Å². The summed E-state index contributed by atoms with van der Waals surface area (Å²) in [6, 6.07) is 7.43. The van der Waals surface area contributed by atoms with Gasteiger partial charge in [0.1, 0.15) is 5.58 Å². The number of rotatable bonds is 5. The molecule has 2 heterocycles. The molecule has 0 atom stereocenters. The molecule has 0 bridgehead atoms. The molecule has 3 rings (SSSR count). The SMILES string of the molecule is CCOC(=O)c1oc2ccc(Br)cc2c1Cn1cc([N+](=O)[O-])ccc1=O. The van der Waals surface area contributed by atoms with Crippen LogP contribution in [0.15, 0.2) is 50.2 Å². The van der Waals surface area contributed by atoms with Gasteiger partial charge in [0.2, 0.25) is 5.76 Å². The maximum absolute atomic E-state index is 12.2. The van der Waals surface area contributed by atoms with Gasteiger partial charge in [-0.25, -0.2) is 4.79 Å². The molecule has 0 radical (unpaired) electrons. The molecule has 0 saturated heterocycles. The van der Waals surface area contributed by atoms with Crippen LogP contribution in [0.25, 0.3) is 11.0 Å². The number of nitrogens with zero attached hydrogens (tertiary/aromatic N) is 2. The maximum atomic E-state index is 12.2. The molecule has 134 valence electrons. The van der Waals surface area contributed by atoms with Crippen LogP contribution in [0.5, 0.6) is 0 Å². The predicted molar refractivity (Wildman–Crippen MR) is 96.3 cm³/mol. The van der Waals surface area contributed by atoms with Crippen LogP contribution in [-0.4, -0.2) is 22.1 Å². The molecule has 3 aromatic rings. The van der Waals surface area contributed by atoms with Crippen molar-refractivity contribution >= 4 is 38.6 Å². The molecule has 9 heteroatoms. The van der Waals surface area contributed by atoms with Gasteiger partial charge in [0.05, 0.1) is 24.3 Å². The van der Waals surface area contributed by atoms with Crippen LogP contribution in [0.3, 0.4) is 0 Å². The Kier molecular flexibility index (Phi) is 4.90. The molecule has 0 amide bonds. The van der Waals surface area contributed by atoms with Gasteiger partial charge in [-0.1, -0.05) is 15.9 Å². The number of fused-ring (bicyclic) bond motifs is 1. The number of halogens is 1. The summed E-state index contributed by atoms with van der Waals surface area (Å²) in [5.41, 5.74) is 0.207. The van der Waals surface area contributed by atoms with E-state index in [1.54, 1.807) is 25.1 Å². The Morgan fingerprint density at radius 3 is 2.81 bits per heavy atom. The fourth-order valence-electron chi connectivity index (χ4n) is 2.56. The highest BCUT2D eigenvalue weighted by Gasteiger charge is 2.23. The van der Waals surface area contributed by atoms with E-state index in [1.165, 1.54) is 0 Å². The maximum Gasteiger partial charge on any atom is 0.374 e. The van der Waals surface area contributed by atoms with Crippen molar-refractivity contribution in [3.05, 3.63) is 72.8 Å². The zero-order valence-corrected chi connectivity index (χ0v) is 15.2. The van der Waals surface area contributed by atoms with E-state index in [0.29, 0.717) is 16.5 Å². The van der Waals surface area contributed by atoms with Gasteiger partial charge in [0, 0.05) is 27.6 Å². The van der Waals surface area contributed by atoms with Crippen molar-refractivity contribution in [2.75, 3.05) is 6.61 Å². The van der Waals surface area contributed by atoms with E-state index in [0.717, 1.165) is 27.4 Å². The summed E-state index contributed by atoms with van der Waals surface area (Å²) in [4.78, 5) is 34.7. The second-order valence-electron chi connectivity index (χ2n) is 5.38. The summed E-state index contributed by atoms with van der Waals surface area (Å²) in [6.45, 7) is 1.76. The Hall–Kier alpha value is -2.94. The third kappa shape index (κ3) is 3.38. The standard InChI is InChI=1S/C17H13BrN2O6/c1-2-25-17(22)16-13(12-7-10(18)3-5-14(12)26-16)9-19-8-11(20(23)24)4-6-15(19)21/h3-8H,2,9H2,1H3. The number of benzene rings is 1. The van der Waals surface area contributed by atoms with E-state index in [2.05, 4.69) is 15.9 Å². The van der Waals surface area contributed by atoms with Gasteiger partial charge in [-0.3, -0.25) is 14.9 Å². The lowest BCUT2D eigenvalue weighted by molar-refractivity contribution is -0.385. The zero-order valence-electron chi connectivity index (χ0n) is 13.6. The molecule has 8 nitrogen and oxygen atoms in total. The molecular weight excluding hydrogens is 408 g/mol. The molecule has 0 saturated carbocycles. The third-order valence-corrected chi connectivity index (χ3v) is 4.21. The first-order valence-electron chi connectivity index (χ1n) is 7.63. The van der Waals surface area contributed by atoms with E-state index in [1.807, 2.05) is 0 Å². The van der Waals surface area contributed by atoms with Crippen LogP contribution >= 0.6 is 15.9 Å². The number of hydrogen-bond donors (Lipinski definition) is 0. The van der Waals surface area contributed by atoms with Gasteiger partial charge in [0.15, 0.2) is 0 Å². The smallest absolute Gasteiger partial charge is 0.374 e. The number of furan rings is 1. The predicted octanol–water partition coefficient (Wildman–Crippen LogP) is 3.49. The number of pyridine rings is 1. The summed E-state index contributed by atoms with van der Waals surface area (Å²) in [6.07, 6.45) is 1.13. The molecule has 0 aliphatic rings. The molecule has 0 fully saturated rings. The van der Waals surface area contributed by atoms with E-state index < -0.39 is 16.5 Å². The lowest BCUT2D eigenvalue weighted by Gasteiger charge is -2.06. The number of carbonyl (C=O) groups excluding carboxylic acids is 1. The van der Waals surface area contributed by atoms with Gasteiger partial charge in [-0.2, -0.15) is 0 Å². The van der Waals surface area contributed by atoms with Crippen molar-refractivity contribution < 1.29 is 18.9 Å². The van der Waals surface area contributed by atoms with Gasteiger partial charge >= 0.3 is 5.97 Å². The van der Waals surface area contributed by atoms with Crippen molar-refractivity contribution in [1.29, 1.82) is 0 Å². The summed E-state index contributed by atoms with van der Waals surface area (Å²) in [5.74, 6) is -0.688. The third-order valence-electron chi connectivity index (χ3n) is 3.72. The van der Waals surface area contributed by atoms with E-state index in [9.17, 15) is 19.7 Å². The second-order valence-corrected chi connectivity index (χ2v) is 6.30. The topological polar surface area (TPSA) is 105 Å². The van der Waals surface area contributed by atoms with Crippen molar-refractivity contribution in [3.63, 3.8) is 0 Å². The lowest BCUT2D eigenvalue weighted by atomic mass is 10.1. The summed E-state index contributed by atoms with van der Waals surface area (Å²) < 4.78 is 12.5. The van der Waals surface area contributed by atoms with Crippen LogP contribution < -0.4 is 5.56 Å². The monoisotopic (exact) mass is 420 g/mol. The first-order valence-corrected chi connectivity index (χ1v) is 8.43. The number of nitro groups is 1. The number of aromatic nitrogens is 1. The molecule has 0 unspecified atom stereocenters. The minimum atomic E-state index is -0.659. The molecule has 0 aliphatic heterocycles. The first kappa shape index (κ1) is 17.9. The summed E-state index contributed by atoms with van der Waals surface area (Å²) >= 11 is 3.36. The van der Waals surface area contributed by atoms with Crippen LogP contribution in [-0.2, 0) is 11.3 Å².